The third-order valence-electron chi connectivity index (χ3n) is 6.09. The Morgan fingerprint density at radius 3 is 2.44 bits per heavy atom. The summed E-state index contributed by atoms with van der Waals surface area (Å²) in [5.74, 6) is 0.209. The second-order valence-corrected chi connectivity index (χ2v) is 9.57. The number of methoxy groups -OCH3 is 1. The number of benzene rings is 1. The van der Waals surface area contributed by atoms with Gasteiger partial charge in [0.1, 0.15) is 11.6 Å². The summed E-state index contributed by atoms with van der Waals surface area (Å²) in [5, 5.41) is 20.7. The molecule has 36 heavy (non-hydrogen) atoms. The van der Waals surface area contributed by atoms with E-state index in [1.54, 1.807) is 7.11 Å². The lowest BCUT2D eigenvalue weighted by Crippen LogP contribution is -2.31. The number of aliphatic carboxylic acids is 1. The van der Waals surface area contributed by atoms with Crippen LogP contribution >= 0.6 is 11.3 Å². The van der Waals surface area contributed by atoms with E-state index in [1.165, 1.54) is 4.88 Å². The second kappa shape index (κ2) is 10.7. The topological polar surface area (TPSA) is 110 Å². The number of alkyl halides is 3. The average Bonchev–Trinajstić information content (AvgIpc) is 3.57. The number of aromatic nitrogens is 3. The summed E-state index contributed by atoms with van der Waals surface area (Å²) < 4.78 is 38.9. The van der Waals surface area contributed by atoms with Crippen LogP contribution in [0.15, 0.2) is 41.8 Å². The quantitative estimate of drug-likeness (QED) is 0.527. The van der Waals surface area contributed by atoms with Gasteiger partial charge in [0.2, 0.25) is 5.82 Å². The molecule has 0 radical (unpaired) electrons. The smallest absolute Gasteiger partial charge is 0.490 e. The fourth-order valence-electron chi connectivity index (χ4n) is 4.40. The number of hydrogen-bond acceptors (Lipinski definition) is 7. The van der Waals surface area contributed by atoms with Crippen molar-refractivity contribution in [2.45, 2.75) is 25.7 Å². The van der Waals surface area contributed by atoms with Crippen LogP contribution in [0.3, 0.4) is 0 Å². The molecule has 0 bridgehead atoms. The molecule has 5 rings (SSSR count). The van der Waals surface area contributed by atoms with Crippen LogP contribution in [-0.4, -0.2) is 63.0 Å². The molecular formula is C23H24F3N5O4S. The number of amides is 1. The number of carbonyl (C=O) groups excluding carboxylic acids is 1. The Morgan fingerprint density at radius 2 is 1.83 bits per heavy atom. The number of likely N-dealkylation sites (tertiary alicyclic amines) is 1. The maximum absolute atomic E-state index is 12.8. The highest BCUT2D eigenvalue weighted by molar-refractivity contribution is 7.09. The van der Waals surface area contributed by atoms with Crippen LogP contribution in [-0.2, 0) is 24.3 Å². The number of carboxylic acid groups (broad SMARTS) is 1. The lowest BCUT2D eigenvalue weighted by molar-refractivity contribution is -0.192. The number of ether oxygens (including phenoxy) is 1. The Bertz CT molecular complexity index is 1200. The predicted octanol–water partition coefficient (Wildman–Crippen LogP) is 3.54. The third-order valence-corrected chi connectivity index (χ3v) is 6.96. The summed E-state index contributed by atoms with van der Waals surface area (Å²) in [6.07, 6.45) is -4.20. The number of fused-ring (bicyclic) bond motifs is 2. The summed E-state index contributed by atoms with van der Waals surface area (Å²) in [5.41, 5.74) is 0.713. The molecule has 2 aliphatic heterocycles. The fourth-order valence-corrected chi connectivity index (χ4v) is 5.15. The van der Waals surface area contributed by atoms with E-state index in [0.717, 1.165) is 44.2 Å². The molecule has 3 aromatic rings. The summed E-state index contributed by atoms with van der Waals surface area (Å²) in [7, 11) is 1.62. The molecule has 1 fully saturated rings. The molecule has 1 saturated heterocycles. The number of carbonyl (C=O) groups is 2. The monoisotopic (exact) mass is 523 g/mol. The van der Waals surface area contributed by atoms with E-state index in [-0.39, 0.29) is 5.91 Å². The van der Waals surface area contributed by atoms with Gasteiger partial charge in [-0.1, -0.05) is 6.07 Å². The zero-order valence-corrected chi connectivity index (χ0v) is 20.1. The molecule has 0 saturated carbocycles. The number of anilines is 1. The first kappa shape index (κ1) is 25.6. The first-order chi connectivity index (χ1) is 17.1. The molecular weight excluding hydrogens is 499 g/mol. The molecule has 2 atom stereocenters. The number of rotatable bonds is 5. The minimum Gasteiger partial charge on any atom is -0.497 e. The zero-order chi connectivity index (χ0) is 25.9. The highest BCUT2D eigenvalue weighted by Crippen LogP contribution is 2.33. The average molecular weight is 524 g/mol. The molecule has 0 unspecified atom stereocenters. The van der Waals surface area contributed by atoms with Gasteiger partial charge in [-0.05, 0) is 47.5 Å². The van der Waals surface area contributed by atoms with Crippen molar-refractivity contribution in [1.82, 2.24) is 19.7 Å². The zero-order valence-electron chi connectivity index (χ0n) is 19.2. The molecule has 2 aliphatic rings. The van der Waals surface area contributed by atoms with Gasteiger partial charge in [0.15, 0.2) is 0 Å². The highest BCUT2D eigenvalue weighted by atomic mass is 32.1. The molecule has 0 aliphatic carbocycles. The van der Waals surface area contributed by atoms with Gasteiger partial charge >= 0.3 is 12.1 Å². The van der Waals surface area contributed by atoms with Gasteiger partial charge in [0.05, 0.1) is 7.11 Å². The van der Waals surface area contributed by atoms with E-state index in [2.05, 4.69) is 37.9 Å². The van der Waals surface area contributed by atoms with Gasteiger partial charge in [-0.25, -0.2) is 4.79 Å². The van der Waals surface area contributed by atoms with Crippen LogP contribution < -0.4 is 10.1 Å². The van der Waals surface area contributed by atoms with Crippen molar-refractivity contribution in [3.05, 3.63) is 58.3 Å². The normalized spacial score (nSPS) is 19.0. The molecule has 2 aromatic heterocycles. The Morgan fingerprint density at radius 1 is 1.14 bits per heavy atom. The SMILES string of the molecule is COc1ccc(NC(=O)c2nnc3n2C[C@@H]2CN(Cc4cccs4)C[C@@H]2C3)cc1.O=C(O)C(F)(F)F. The van der Waals surface area contributed by atoms with Crippen LogP contribution in [0.5, 0.6) is 5.75 Å². The molecule has 1 amide bonds. The fraction of sp³-hybridized carbons (Fsp3) is 0.391. The number of nitrogens with zero attached hydrogens (tertiary/aromatic N) is 4. The molecule has 4 heterocycles. The molecule has 192 valence electrons. The van der Waals surface area contributed by atoms with Crippen LogP contribution in [0.1, 0.15) is 21.3 Å². The number of thiophene rings is 1. The van der Waals surface area contributed by atoms with E-state index in [9.17, 15) is 18.0 Å². The summed E-state index contributed by atoms with van der Waals surface area (Å²) >= 11 is 1.81. The maximum Gasteiger partial charge on any atom is 0.490 e. The Balaban J connectivity index is 0.000000384. The number of nitrogens with one attached hydrogen (secondary N) is 1. The van der Waals surface area contributed by atoms with Crippen LogP contribution in [0.2, 0.25) is 0 Å². The lowest BCUT2D eigenvalue weighted by atomic mass is 9.89. The molecule has 9 nitrogen and oxygen atoms in total. The van der Waals surface area contributed by atoms with Gasteiger partial charge in [0, 0.05) is 43.2 Å². The summed E-state index contributed by atoms with van der Waals surface area (Å²) in [6.45, 7) is 3.96. The molecule has 0 spiro atoms. The van der Waals surface area contributed by atoms with Gasteiger partial charge in [-0.3, -0.25) is 9.69 Å². The van der Waals surface area contributed by atoms with Gasteiger partial charge in [0.25, 0.3) is 5.91 Å². The van der Waals surface area contributed by atoms with E-state index in [1.807, 2.05) is 40.2 Å². The van der Waals surface area contributed by atoms with Crippen molar-refractivity contribution < 1.29 is 32.6 Å². The van der Waals surface area contributed by atoms with E-state index in [4.69, 9.17) is 14.6 Å². The van der Waals surface area contributed by atoms with Crippen molar-refractivity contribution in [1.29, 1.82) is 0 Å². The first-order valence-corrected chi connectivity index (χ1v) is 11.9. The Labute approximate surface area is 208 Å². The van der Waals surface area contributed by atoms with Crippen molar-refractivity contribution in [3.8, 4) is 5.75 Å². The second-order valence-electron chi connectivity index (χ2n) is 8.53. The van der Waals surface area contributed by atoms with Gasteiger partial charge < -0.3 is 19.7 Å². The largest absolute Gasteiger partial charge is 0.497 e. The van der Waals surface area contributed by atoms with Gasteiger partial charge in [-0.2, -0.15) is 13.2 Å². The predicted molar refractivity (Wildman–Crippen MR) is 125 cm³/mol. The van der Waals surface area contributed by atoms with Crippen molar-refractivity contribution >= 4 is 28.9 Å². The van der Waals surface area contributed by atoms with E-state index in [0.29, 0.717) is 23.3 Å². The molecule has 1 aromatic carbocycles. The Kier molecular flexibility index (Phi) is 7.59. The third kappa shape index (κ3) is 6.02. The molecule has 13 heteroatoms. The van der Waals surface area contributed by atoms with Gasteiger partial charge in [-0.15, -0.1) is 21.5 Å². The van der Waals surface area contributed by atoms with Crippen LogP contribution in [0.25, 0.3) is 0 Å². The molecule has 2 N–H and O–H groups in total. The standard InChI is InChI=1S/C21H23N5O2S.C2HF3O2/c1-28-17-6-4-16(5-7-17)22-21(27)20-24-23-19-9-14-10-25(11-15(14)12-26(19)20)13-18-3-2-8-29-18;3-2(4,5)1(6)7/h2-8,14-15H,9-13H2,1H3,(H,22,27);(H,6,7)/t14-,15-;/m0./s1. The first-order valence-electron chi connectivity index (χ1n) is 11.1. The number of hydrogen-bond donors (Lipinski definition) is 2. The van der Waals surface area contributed by atoms with Crippen LogP contribution in [0, 0.1) is 11.8 Å². The Hall–Kier alpha value is -3.45. The van der Waals surface area contributed by atoms with Crippen molar-refractivity contribution in [2.24, 2.45) is 11.8 Å². The lowest BCUT2D eigenvalue weighted by Gasteiger charge is -2.25. The van der Waals surface area contributed by atoms with Crippen molar-refractivity contribution in [3.63, 3.8) is 0 Å². The maximum atomic E-state index is 12.8. The minimum atomic E-state index is -5.08. The van der Waals surface area contributed by atoms with Crippen LogP contribution in [0.4, 0.5) is 18.9 Å². The number of halogens is 3. The highest BCUT2D eigenvalue weighted by Gasteiger charge is 2.39. The number of carboxylic acids is 1. The summed E-state index contributed by atoms with van der Waals surface area (Å²) in [6, 6.07) is 11.6. The van der Waals surface area contributed by atoms with Crippen molar-refractivity contribution in [2.75, 3.05) is 25.5 Å². The van der Waals surface area contributed by atoms with E-state index < -0.39 is 12.1 Å². The minimum absolute atomic E-state index is 0.221. The van der Waals surface area contributed by atoms with E-state index >= 15 is 0 Å². The summed E-state index contributed by atoms with van der Waals surface area (Å²) in [4.78, 5) is 25.6.